The van der Waals surface area contributed by atoms with Crippen LogP contribution >= 0.6 is 11.6 Å². The van der Waals surface area contributed by atoms with E-state index in [2.05, 4.69) is 28.5 Å². The van der Waals surface area contributed by atoms with Crippen LogP contribution in [0.25, 0.3) is 0 Å². The lowest BCUT2D eigenvalue weighted by Gasteiger charge is -2.39. The molecule has 2 aliphatic heterocycles. The molecule has 1 aromatic carbocycles. The summed E-state index contributed by atoms with van der Waals surface area (Å²) in [7, 11) is -4.44. The van der Waals surface area contributed by atoms with Crippen molar-refractivity contribution in [3.63, 3.8) is 0 Å². The first-order valence-corrected chi connectivity index (χ1v) is 15.7. The SMILES string of the molecule is CC1(C)CCN(c2ccc(Cl)cc2OC2(C(=O)NS(=O)(=O)c3cccc(N4CCC(O)(C(F)(F)F)CC4)n3)CC2)CC1. The molecule has 3 heterocycles. The first-order valence-electron chi connectivity index (χ1n) is 13.8. The van der Waals surface area contributed by atoms with E-state index in [4.69, 9.17) is 16.3 Å². The highest BCUT2D eigenvalue weighted by Crippen LogP contribution is 2.45. The van der Waals surface area contributed by atoms with Crippen LogP contribution in [0, 0.1) is 5.41 Å². The number of rotatable bonds is 7. The Hall–Kier alpha value is -2.77. The van der Waals surface area contributed by atoms with E-state index in [-0.39, 0.29) is 24.3 Å². The van der Waals surface area contributed by atoms with Crippen molar-refractivity contribution in [1.82, 2.24) is 9.71 Å². The van der Waals surface area contributed by atoms with Crippen molar-refractivity contribution in [3.05, 3.63) is 41.4 Å². The van der Waals surface area contributed by atoms with E-state index in [0.717, 1.165) is 31.6 Å². The van der Waals surface area contributed by atoms with Gasteiger partial charge in [0, 0.05) is 63.0 Å². The number of benzene rings is 1. The second-order valence-electron chi connectivity index (χ2n) is 12.1. The van der Waals surface area contributed by atoms with Crippen LogP contribution < -0.4 is 19.3 Å². The normalized spacial score (nSPS) is 21.5. The number of nitrogens with zero attached hydrogens (tertiary/aromatic N) is 3. The molecule has 0 radical (unpaired) electrons. The number of hydrogen-bond donors (Lipinski definition) is 2. The monoisotopic (exact) mass is 630 g/mol. The molecule has 2 N–H and O–H groups in total. The Morgan fingerprint density at radius 2 is 1.62 bits per heavy atom. The Balaban J connectivity index is 1.29. The molecule has 230 valence electrons. The third-order valence-electron chi connectivity index (χ3n) is 8.46. The second kappa shape index (κ2) is 10.7. The van der Waals surface area contributed by atoms with Crippen LogP contribution in [0.1, 0.15) is 52.4 Å². The molecule has 0 unspecified atom stereocenters. The van der Waals surface area contributed by atoms with Gasteiger partial charge in [-0.05, 0) is 42.5 Å². The maximum absolute atomic E-state index is 13.3. The van der Waals surface area contributed by atoms with Gasteiger partial charge in [-0.15, -0.1) is 0 Å². The van der Waals surface area contributed by atoms with Crippen LogP contribution in [0.4, 0.5) is 24.7 Å². The Bertz CT molecular complexity index is 1450. The number of aliphatic hydroxyl groups is 1. The van der Waals surface area contributed by atoms with Gasteiger partial charge in [0.05, 0.1) is 5.69 Å². The molecule has 2 saturated heterocycles. The molecule has 1 aliphatic carbocycles. The molecule has 2 aromatic rings. The minimum absolute atomic E-state index is 0.125. The van der Waals surface area contributed by atoms with Gasteiger partial charge in [-0.3, -0.25) is 4.79 Å². The summed E-state index contributed by atoms with van der Waals surface area (Å²) in [4.78, 5) is 21.0. The van der Waals surface area contributed by atoms with Gasteiger partial charge >= 0.3 is 6.18 Å². The van der Waals surface area contributed by atoms with E-state index in [1.165, 1.54) is 23.1 Å². The molecule has 1 amide bonds. The third kappa shape index (κ3) is 6.28. The van der Waals surface area contributed by atoms with Crippen LogP contribution in [0.3, 0.4) is 0 Å². The summed E-state index contributed by atoms with van der Waals surface area (Å²) in [6.45, 7) is 5.69. The second-order valence-corrected chi connectivity index (χ2v) is 14.2. The van der Waals surface area contributed by atoms with E-state index in [1.54, 1.807) is 12.1 Å². The number of aromatic nitrogens is 1. The van der Waals surface area contributed by atoms with E-state index in [0.29, 0.717) is 23.6 Å². The lowest BCUT2D eigenvalue weighted by Crippen LogP contribution is -2.53. The summed E-state index contributed by atoms with van der Waals surface area (Å²) in [5.41, 5.74) is -3.19. The minimum atomic E-state index is -4.76. The molecule has 3 aliphatic rings. The van der Waals surface area contributed by atoms with E-state index >= 15 is 0 Å². The summed E-state index contributed by atoms with van der Waals surface area (Å²) in [5.74, 6) is -0.315. The third-order valence-corrected chi connectivity index (χ3v) is 9.92. The van der Waals surface area contributed by atoms with Gasteiger partial charge in [0.15, 0.2) is 16.2 Å². The molecular formula is C28H34ClF3N4O5S. The molecular weight excluding hydrogens is 597 g/mol. The number of carbonyl (C=O) groups is 1. The zero-order chi connectivity index (χ0) is 30.6. The van der Waals surface area contributed by atoms with Crippen molar-refractivity contribution < 1.29 is 36.2 Å². The van der Waals surface area contributed by atoms with Crippen molar-refractivity contribution in [2.75, 3.05) is 36.0 Å². The van der Waals surface area contributed by atoms with E-state index < -0.39 is 51.2 Å². The highest BCUT2D eigenvalue weighted by Gasteiger charge is 2.56. The molecule has 0 spiro atoms. The van der Waals surface area contributed by atoms with Crippen molar-refractivity contribution in [3.8, 4) is 5.75 Å². The minimum Gasteiger partial charge on any atom is -0.475 e. The predicted octanol–water partition coefficient (Wildman–Crippen LogP) is 4.67. The van der Waals surface area contributed by atoms with Crippen LogP contribution in [-0.4, -0.2) is 68.0 Å². The van der Waals surface area contributed by atoms with Gasteiger partial charge in [0.25, 0.3) is 15.9 Å². The fourth-order valence-corrected chi connectivity index (χ4v) is 6.44. The summed E-state index contributed by atoms with van der Waals surface area (Å²) in [6, 6.07) is 9.27. The molecule has 1 saturated carbocycles. The molecule has 0 atom stereocenters. The molecule has 3 fully saturated rings. The molecule has 1 aromatic heterocycles. The number of amides is 1. The van der Waals surface area contributed by atoms with Crippen LogP contribution in [0.5, 0.6) is 5.75 Å². The fourth-order valence-electron chi connectivity index (χ4n) is 5.27. The van der Waals surface area contributed by atoms with Crippen molar-refractivity contribution in [1.29, 1.82) is 0 Å². The number of ether oxygens (including phenoxy) is 1. The van der Waals surface area contributed by atoms with Crippen molar-refractivity contribution >= 4 is 39.0 Å². The Morgan fingerprint density at radius 1 is 1.00 bits per heavy atom. The van der Waals surface area contributed by atoms with Gasteiger partial charge in [0.2, 0.25) is 0 Å². The first kappa shape index (κ1) is 30.7. The Labute approximate surface area is 248 Å². The fraction of sp³-hybridized carbons (Fsp3) is 0.571. The average molecular weight is 631 g/mol. The van der Waals surface area contributed by atoms with Crippen LogP contribution in [0.15, 0.2) is 41.4 Å². The lowest BCUT2D eigenvalue weighted by atomic mass is 9.82. The highest BCUT2D eigenvalue weighted by atomic mass is 35.5. The number of carbonyl (C=O) groups excluding carboxylic acids is 1. The summed E-state index contributed by atoms with van der Waals surface area (Å²) in [6.07, 6.45) is -3.36. The maximum atomic E-state index is 13.3. The van der Waals surface area contributed by atoms with Gasteiger partial charge in [-0.2, -0.15) is 21.6 Å². The molecule has 14 heteroatoms. The van der Waals surface area contributed by atoms with Gasteiger partial charge < -0.3 is 19.6 Å². The number of piperidine rings is 2. The number of nitrogens with one attached hydrogen (secondary N) is 1. The van der Waals surface area contributed by atoms with Crippen LogP contribution in [-0.2, 0) is 14.8 Å². The molecule has 0 bridgehead atoms. The summed E-state index contributed by atoms with van der Waals surface area (Å²) >= 11 is 6.26. The van der Waals surface area contributed by atoms with Crippen LogP contribution in [0.2, 0.25) is 5.02 Å². The molecule has 42 heavy (non-hydrogen) atoms. The lowest BCUT2D eigenvalue weighted by molar-refractivity contribution is -0.266. The largest absolute Gasteiger partial charge is 0.475 e. The number of hydrogen-bond acceptors (Lipinski definition) is 8. The first-order chi connectivity index (χ1) is 19.5. The summed E-state index contributed by atoms with van der Waals surface area (Å²) in [5, 5.41) is 9.89. The number of halogens is 4. The Kier molecular flexibility index (Phi) is 7.85. The number of alkyl halides is 3. The smallest absolute Gasteiger partial charge is 0.417 e. The van der Waals surface area contributed by atoms with Crippen molar-refractivity contribution in [2.24, 2.45) is 5.41 Å². The van der Waals surface area contributed by atoms with E-state index in [9.17, 15) is 31.5 Å². The highest BCUT2D eigenvalue weighted by molar-refractivity contribution is 7.90. The van der Waals surface area contributed by atoms with Gasteiger partial charge in [-0.25, -0.2) is 9.71 Å². The van der Waals surface area contributed by atoms with Gasteiger partial charge in [0.1, 0.15) is 11.6 Å². The number of anilines is 2. The quantitative estimate of drug-likeness (QED) is 0.454. The zero-order valence-electron chi connectivity index (χ0n) is 23.4. The van der Waals surface area contributed by atoms with Crippen molar-refractivity contribution in [2.45, 2.75) is 74.8 Å². The average Bonchev–Trinajstić information content (AvgIpc) is 3.70. The maximum Gasteiger partial charge on any atom is 0.417 e. The Morgan fingerprint density at radius 3 is 2.21 bits per heavy atom. The predicted molar refractivity (Wildman–Crippen MR) is 151 cm³/mol. The molecule has 9 nitrogen and oxygen atoms in total. The summed E-state index contributed by atoms with van der Waals surface area (Å²) < 4.78 is 74.2. The molecule has 5 rings (SSSR count). The zero-order valence-corrected chi connectivity index (χ0v) is 24.9. The topological polar surface area (TPSA) is 112 Å². The van der Waals surface area contributed by atoms with Gasteiger partial charge in [-0.1, -0.05) is 31.5 Å². The van der Waals surface area contributed by atoms with E-state index in [1.807, 2.05) is 6.07 Å². The standard InChI is InChI=1S/C28H34ClF3N4O5S/c1-25(2)10-14-35(15-11-25)20-7-6-19(29)18-21(20)41-26(8-9-26)24(37)34-42(39,40)23-5-3-4-22(33-23)36-16-12-27(38,13-17-36)28(30,31)32/h3-7,18,38H,8-17H2,1-2H3,(H,34,37). The number of sulfonamides is 1. The number of pyridine rings is 1.